The number of Topliss-reactive ketones (excluding diaryl/α,β-unsaturated/α-hetero) is 1. The number of ketones is 1. The summed E-state index contributed by atoms with van der Waals surface area (Å²) in [5.41, 5.74) is 3.87. The lowest BCUT2D eigenvalue weighted by Gasteiger charge is -2.28. The monoisotopic (exact) mass is 493 g/mol. The molecular weight excluding hydrogens is 454 g/mol. The number of hydrogen-bond acceptors (Lipinski definition) is 4. The molecule has 1 fully saturated rings. The third-order valence-corrected chi connectivity index (χ3v) is 6.17. The van der Waals surface area contributed by atoms with E-state index in [4.69, 9.17) is 0 Å². The molecule has 1 aromatic rings. The predicted octanol–water partition coefficient (Wildman–Crippen LogP) is 4.43. The van der Waals surface area contributed by atoms with Crippen LogP contribution in [-0.4, -0.2) is 35.6 Å². The van der Waals surface area contributed by atoms with Gasteiger partial charge in [-0.25, -0.2) is 0 Å². The van der Waals surface area contributed by atoms with E-state index in [0.29, 0.717) is 24.1 Å². The fourth-order valence-corrected chi connectivity index (χ4v) is 3.60. The molecule has 0 spiro atoms. The van der Waals surface area contributed by atoms with E-state index in [2.05, 4.69) is 28.6 Å². The van der Waals surface area contributed by atoms with Crippen LogP contribution in [0.5, 0.6) is 0 Å². The molecule has 7 nitrogen and oxygen atoms in total. The summed E-state index contributed by atoms with van der Waals surface area (Å²) in [5.74, 6) is -1.37. The number of rotatable bonds is 10. The summed E-state index contributed by atoms with van der Waals surface area (Å²) in [5, 5.41) is 8.19. The van der Waals surface area contributed by atoms with Crippen LogP contribution in [0.15, 0.2) is 48.1 Å². The second-order valence-electron chi connectivity index (χ2n) is 10.4. The average molecular weight is 494 g/mol. The summed E-state index contributed by atoms with van der Waals surface area (Å²) in [4.78, 5) is 51.3. The Morgan fingerprint density at radius 1 is 1.00 bits per heavy atom. The molecule has 1 aliphatic rings. The highest BCUT2D eigenvalue weighted by Crippen LogP contribution is 2.30. The largest absolute Gasteiger partial charge is 0.343 e. The molecule has 3 N–H and O–H groups in total. The lowest BCUT2D eigenvalue weighted by molar-refractivity contribution is -0.136. The van der Waals surface area contributed by atoms with E-state index in [1.165, 1.54) is 0 Å². The van der Waals surface area contributed by atoms with Crippen LogP contribution in [0.3, 0.4) is 0 Å². The van der Waals surface area contributed by atoms with Crippen LogP contribution in [0, 0.1) is 5.41 Å². The van der Waals surface area contributed by atoms with Gasteiger partial charge in [0, 0.05) is 12.0 Å². The van der Waals surface area contributed by atoms with Gasteiger partial charge in [-0.05, 0) is 78.5 Å². The number of amides is 3. The summed E-state index contributed by atoms with van der Waals surface area (Å²) in [6, 6.07) is 2.15. The van der Waals surface area contributed by atoms with Crippen LogP contribution in [0.4, 0.5) is 5.69 Å². The van der Waals surface area contributed by atoms with E-state index in [-0.39, 0.29) is 24.0 Å². The lowest BCUT2D eigenvalue weighted by atomic mass is 9.90. The number of carbonyl (C=O) groups is 4. The van der Waals surface area contributed by atoms with Gasteiger partial charge in [-0.15, -0.1) is 6.58 Å². The molecule has 3 amide bonds. The van der Waals surface area contributed by atoms with Gasteiger partial charge < -0.3 is 16.0 Å². The molecule has 0 aliphatic carbocycles. The molecule has 2 unspecified atom stereocenters. The first-order chi connectivity index (χ1) is 16.7. The van der Waals surface area contributed by atoms with Gasteiger partial charge in [-0.2, -0.15) is 0 Å². The van der Waals surface area contributed by atoms with Crippen molar-refractivity contribution >= 4 is 29.2 Å². The van der Waals surface area contributed by atoms with Crippen molar-refractivity contribution in [3.8, 4) is 0 Å². The summed E-state index contributed by atoms with van der Waals surface area (Å²) >= 11 is 0. The zero-order valence-corrected chi connectivity index (χ0v) is 22.5. The molecule has 36 heavy (non-hydrogen) atoms. The van der Waals surface area contributed by atoms with Gasteiger partial charge in [0.2, 0.25) is 17.7 Å². The zero-order chi connectivity index (χ0) is 27.2. The van der Waals surface area contributed by atoms with Crippen LogP contribution < -0.4 is 16.0 Å². The van der Waals surface area contributed by atoms with Crippen LogP contribution in [-0.2, 0) is 27.2 Å². The van der Waals surface area contributed by atoms with Gasteiger partial charge in [0.15, 0.2) is 5.78 Å². The van der Waals surface area contributed by atoms with E-state index in [9.17, 15) is 19.2 Å². The summed E-state index contributed by atoms with van der Waals surface area (Å²) in [6.45, 7) is 16.8. The van der Waals surface area contributed by atoms with Crippen molar-refractivity contribution in [2.24, 2.45) is 5.41 Å². The molecule has 1 aromatic carbocycles. The summed E-state index contributed by atoms with van der Waals surface area (Å²) in [6.07, 6.45) is 6.60. The maximum absolute atomic E-state index is 13.6. The molecule has 2 rings (SSSR count). The van der Waals surface area contributed by atoms with E-state index in [1.807, 2.05) is 39.8 Å². The number of benzene rings is 1. The molecule has 2 atom stereocenters. The molecular formula is C29H39N3O4. The van der Waals surface area contributed by atoms with E-state index in [1.54, 1.807) is 32.9 Å². The molecule has 194 valence electrons. The van der Waals surface area contributed by atoms with Crippen LogP contribution in [0.2, 0.25) is 0 Å². The molecule has 0 bridgehead atoms. The number of anilines is 1. The smallest absolute Gasteiger partial charge is 0.243 e. The minimum absolute atomic E-state index is 0.216. The number of hydrogen-bond donors (Lipinski definition) is 3. The van der Waals surface area contributed by atoms with Gasteiger partial charge in [0.1, 0.15) is 12.1 Å². The molecule has 7 heteroatoms. The van der Waals surface area contributed by atoms with Gasteiger partial charge in [0.25, 0.3) is 0 Å². The topological polar surface area (TPSA) is 104 Å². The third-order valence-electron chi connectivity index (χ3n) is 6.17. The maximum atomic E-state index is 13.6. The first kappa shape index (κ1) is 28.8. The molecule has 0 saturated carbocycles. The van der Waals surface area contributed by atoms with Crippen LogP contribution in [0.1, 0.15) is 76.4 Å². The highest BCUT2D eigenvalue weighted by molar-refractivity contribution is 6.09. The fourth-order valence-electron chi connectivity index (χ4n) is 3.60. The second-order valence-corrected chi connectivity index (χ2v) is 10.4. The lowest BCUT2D eigenvalue weighted by Crippen LogP contribution is -2.61. The van der Waals surface area contributed by atoms with Crippen molar-refractivity contribution in [1.82, 2.24) is 10.6 Å². The van der Waals surface area contributed by atoms with E-state index in [0.717, 1.165) is 22.3 Å². The first-order valence-electron chi connectivity index (χ1n) is 12.3. The Bertz CT molecular complexity index is 1120. The normalized spacial score (nSPS) is 17.4. The van der Waals surface area contributed by atoms with Crippen molar-refractivity contribution in [3.63, 3.8) is 0 Å². The predicted molar refractivity (Wildman–Crippen MR) is 144 cm³/mol. The van der Waals surface area contributed by atoms with Crippen molar-refractivity contribution in [2.45, 2.75) is 79.8 Å². The fraction of sp³-hybridized carbons (Fsp3) is 0.448. The van der Waals surface area contributed by atoms with Crippen LogP contribution in [0.25, 0.3) is 0 Å². The number of piperazine rings is 1. The van der Waals surface area contributed by atoms with Crippen molar-refractivity contribution in [1.29, 1.82) is 0 Å². The number of allylic oxidation sites excluding steroid dienone is 4. The molecule has 0 radical (unpaired) electrons. The van der Waals surface area contributed by atoms with Crippen molar-refractivity contribution < 1.29 is 19.2 Å². The Labute approximate surface area is 214 Å². The third kappa shape index (κ3) is 7.51. The average Bonchev–Trinajstić information content (AvgIpc) is 2.80. The van der Waals surface area contributed by atoms with Crippen molar-refractivity contribution in [3.05, 3.63) is 64.8 Å². The molecule has 1 saturated heterocycles. The maximum Gasteiger partial charge on any atom is 0.243 e. The number of nitrogens with one attached hydrogen (secondary N) is 3. The van der Waals surface area contributed by atoms with Gasteiger partial charge in [-0.1, -0.05) is 35.4 Å². The minimum Gasteiger partial charge on any atom is -0.343 e. The van der Waals surface area contributed by atoms with Crippen molar-refractivity contribution in [2.75, 3.05) is 5.32 Å². The van der Waals surface area contributed by atoms with E-state index < -0.39 is 23.4 Å². The Hall–Kier alpha value is -3.48. The quantitative estimate of drug-likeness (QED) is 0.331. The Morgan fingerprint density at radius 3 is 2.19 bits per heavy atom. The SMILES string of the molecule is C=CC(C)(C)C(=O)Nc1c(CC=C(C)C)cc(CC=C(C)C)cc1C(=O)CC1NC(=O)C(C)NC1=O. The molecule has 1 aliphatic heterocycles. The van der Waals surface area contributed by atoms with Gasteiger partial charge >= 0.3 is 0 Å². The Kier molecular flexibility index (Phi) is 9.56. The van der Waals surface area contributed by atoms with Gasteiger partial charge in [0.05, 0.1) is 11.1 Å². The first-order valence-corrected chi connectivity index (χ1v) is 12.3. The van der Waals surface area contributed by atoms with Crippen LogP contribution >= 0.6 is 0 Å². The summed E-state index contributed by atoms with van der Waals surface area (Å²) < 4.78 is 0. The Morgan fingerprint density at radius 2 is 1.61 bits per heavy atom. The second kappa shape index (κ2) is 12.0. The molecule has 0 aromatic heterocycles. The highest BCUT2D eigenvalue weighted by Gasteiger charge is 2.34. The highest BCUT2D eigenvalue weighted by atomic mass is 16.2. The zero-order valence-electron chi connectivity index (χ0n) is 22.5. The minimum atomic E-state index is -0.975. The van der Waals surface area contributed by atoms with E-state index >= 15 is 0 Å². The molecule has 1 heterocycles. The Balaban J connectivity index is 2.60. The summed E-state index contributed by atoms with van der Waals surface area (Å²) in [7, 11) is 0. The van der Waals surface area contributed by atoms with Gasteiger partial charge in [-0.3, -0.25) is 19.2 Å². The standard InChI is InChI=1S/C29H39N3O4/c1-9-29(7,8)28(36)32-25-21(13-11-18(4)5)14-20(12-10-17(2)3)15-22(25)24(33)16-23-27(35)30-19(6)26(34)31-23/h9-11,14-15,19,23H,1,12-13,16H2,2-8H3,(H,30,35)(H,31,34)(H,32,36). The number of carbonyl (C=O) groups excluding carboxylic acids is 4.